The average molecular weight is 471 g/mol. The predicted octanol–water partition coefficient (Wildman–Crippen LogP) is 7.46. The maximum atomic E-state index is 9.17. The van der Waals surface area contributed by atoms with Crippen LogP contribution in [0, 0.1) is 45.9 Å². The second kappa shape index (κ2) is 19.5. The van der Waals surface area contributed by atoms with Crippen LogP contribution in [0.2, 0.25) is 0 Å². The fourth-order valence-corrected chi connectivity index (χ4v) is 2.36. The molecule has 0 amide bonds. The van der Waals surface area contributed by atoms with Crippen LogP contribution in [0.3, 0.4) is 0 Å². The number of hydrogen-bond donors (Lipinski definition) is 0. The van der Waals surface area contributed by atoms with Gasteiger partial charge in [0.25, 0.3) is 0 Å². The van der Waals surface area contributed by atoms with E-state index in [2.05, 4.69) is 53.1 Å². The molecule has 0 aliphatic heterocycles. The molecule has 0 N–H and O–H groups in total. The van der Waals surface area contributed by atoms with E-state index in [1.165, 1.54) is 22.1 Å². The largest absolute Gasteiger partial charge is 0.303 e. The number of carbonyl (C=O) groups excluding carboxylic acids is 1. The number of aromatic nitrogens is 3. The molecule has 35 heavy (non-hydrogen) atoms. The SMILES string of the molecule is CCC#N.CCC=O.Cc1ccc(C)nc1.Cc1cccc2ncccc12.Cc1cccnc1C. The fraction of sp³-hybridized carbons (Fsp3) is 0.300. The van der Waals surface area contributed by atoms with Crippen molar-refractivity contribution in [2.45, 2.75) is 61.3 Å². The summed E-state index contributed by atoms with van der Waals surface area (Å²) >= 11 is 0. The minimum absolute atomic E-state index is 0.625. The Labute approximate surface area is 210 Å². The number of pyridine rings is 3. The number of hydrogen-bond acceptors (Lipinski definition) is 5. The van der Waals surface area contributed by atoms with Crippen LogP contribution in [-0.4, -0.2) is 21.2 Å². The highest BCUT2D eigenvalue weighted by atomic mass is 16.1. The summed E-state index contributed by atoms with van der Waals surface area (Å²) in [5, 5.41) is 8.87. The molecule has 4 aromatic rings. The number of nitrogens with zero attached hydrogens (tertiary/aromatic N) is 4. The van der Waals surface area contributed by atoms with E-state index in [0.29, 0.717) is 12.8 Å². The van der Waals surface area contributed by atoms with Gasteiger partial charge in [-0.15, -0.1) is 0 Å². The van der Waals surface area contributed by atoms with Gasteiger partial charge in [0.05, 0.1) is 11.6 Å². The first-order valence-electron chi connectivity index (χ1n) is 11.7. The van der Waals surface area contributed by atoms with Crippen LogP contribution in [0.4, 0.5) is 0 Å². The molecule has 0 radical (unpaired) electrons. The van der Waals surface area contributed by atoms with Gasteiger partial charge in [-0.2, -0.15) is 5.26 Å². The Morgan fingerprint density at radius 3 is 1.83 bits per heavy atom. The quantitative estimate of drug-likeness (QED) is 0.270. The molecule has 5 nitrogen and oxygen atoms in total. The molecule has 0 aliphatic carbocycles. The molecule has 0 unspecified atom stereocenters. The van der Waals surface area contributed by atoms with E-state index in [0.717, 1.165) is 23.2 Å². The highest BCUT2D eigenvalue weighted by Gasteiger charge is 1.93. The van der Waals surface area contributed by atoms with E-state index in [4.69, 9.17) is 5.26 Å². The van der Waals surface area contributed by atoms with E-state index in [1.54, 1.807) is 0 Å². The summed E-state index contributed by atoms with van der Waals surface area (Å²) in [6.07, 6.45) is 7.64. The Morgan fingerprint density at radius 2 is 1.40 bits per heavy atom. The lowest BCUT2D eigenvalue weighted by atomic mass is 10.1. The van der Waals surface area contributed by atoms with Gasteiger partial charge in [0.1, 0.15) is 6.29 Å². The highest BCUT2D eigenvalue weighted by molar-refractivity contribution is 5.81. The normalized spacial score (nSPS) is 8.74. The predicted molar refractivity (Wildman–Crippen MR) is 146 cm³/mol. The Balaban J connectivity index is 0.000000437. The molecule has 184 valence electrons. The lowest BCUT2D eigenvalue weighted by molar-refractivity contribution is -0.107. The molecular weight excluding hydrogens is 432 g/mol. The number of carbonyl (C=O) groups is 1. The molecule has 0 bridgehead atoms. The topological polar surface area (TPSA) is 79.5 Å². The van der Waals surface area contributed by atoms with Crippen molar-refractivity contribution in [3.8, 4) is 6.07 Å². The number of rotatable bonds is 1. The van der Waals surface area contributed by atoms with Gasteiger partial charge >= 0.3 is 0 Å². The van der Waals surface area contributed by atoms with Gasteiger partial charge in [-0.25, -0.2) is 0 Å². The Morgan fingerprint density at radius 1 is 0.800 bits per heavy atom. The van der Waals surface area contributed by atoms with Crippen LogP contribution in [0.1, 0.15) is 54.8 Å². The molecule has 5 heteroatoms. The standard InChI is InChI=1S/C10H9N.2C7H9N.C3H5N.C3H6O/c1-8-4-2-6-10-9(8)5-3-7-11-10;1-6-3-4-7(2)8-5-6;1-6-4-3-5-8-7(6)2;2*1-2-3-4/h2-7H,1H3;2*3-5H,1-2H3;2H2,1H3;3H,2H2,1H3. The maximum absolute atomic E-state index is 9.17. The smallest absolute Gasteiger partial charge is 0.119 e. The van der Waals surface area contributed by atoms with Crippen LogP contribution >= 0.6 is 0 Å². The highest BCUT2D eigenvalue weighted by Crippen LogP contribution is 2.14. The van der Waals surface area contributed by atoms with Crippen LogP contribution in [0.5, 0.6) is 0 Å². The van der Waals surface area contributed by atoms with Crippen molar-refractivity contribution < 1.29 is 4.79 Å². The van der Waals surface area contributed by atoms with Crippen molar-refractivity contribution in [1.82, 2.24) is 15.0 Å². The first-order valence-corrected chi connectivity index (χ1v) is 11.7. The first-order chi connectivity index (χ1) is 16.8. The van der Waals surface area contributed by atoms with E-state index in [-0.39, 0.29) is 0 Å². The molecule has 3 aromatic heterocycles. The fourth-order valence-electron chi connectivity index (χ4n) is 2.36. The molecule has 0 saturated heterocycles. The number of fused-ring (bicyclic) bond motifs is 1. The Kier molecular flexibility index (Phi) is 17.4. The van der Waals surface area contributed by atoms with Crippen LogP contribution < -0.4 is 0 Å². The molecule has 0 spiro atoms. The summed E-state index contributed by atoms with van der Waals surface area (Å²) in [4.78, 5) is 21.6. The lowest BCUT2D eigenvalue weighted by Gasteiger charge is -1.97. The minimum Gasteiger partial charge on any atom is -0.303 e. The summed E-state index contributed by atoms with van der Waals surface area (Å²) in [7, 11) is 0. The molecule has 0 atom stereocenters. The van der Waals surface area contributed by atoms with Gasteiger partial charge in [-0.1, -0.05) is 44.2 Å². The van der Waals surface area contributed by atoms with Crippen LogP contribution in [0.15, 0.2) is 73.2 Å². The van der Waals surface area contributed by atoms with Gasteiger partial charge in [-0.3, -0.25) is 15.0 Å². The summed E-state index contributed by atoms with van der Waals surface area (Å²) in [6, 6.07) is 20.2. The van der Waals surface area contributed by atoms with Crippen molar-refractivity contribution in [3.05, 3.63) is 101 Å². The molecule has 0 aliphatic rings. The number of aldehydes is 1. The molecule has 0 fully saturated rings. The van der Waals surface area contributed by atoms with Crippen LogP contribution in [0.25, 0.3) is 10.9 Å². The van der Waals surface area contributed by atoms with E-state index in [9.17, 15) is 4.79 Å². The Hall–Kier alpha value is -3.91. The lowest BCUT2D eigenvalue weighted by Crippen LogP contribution is -1.81. The second-order valence-electron chi connectivity index (χ2n) is 7.61. The molecular formula is C30H38N4O. The van der Waals surface area contributed by atoms with Gasteiger partial charge in [0, 0.05) is 48.2 Å². The third kappa shape index (κ3) is 14.8. The van der Waals surface area contributed by atoms with Gasteiger partial charge in [0.15, 0.2) is 0 Å². The first kappa shape index (κ1) is 31.1. The van der Waals surface area contributed by atoms with Crippen molar-refractivity contribution in [2.24, 2.45) is 0 Å². The van der Waals surface area contributed by atoms with Gasteiger partial charge < -0.3 is 4.79 Å². The Bertz CT molecular complexity index is 1100. The third-order valence-electron chi connectivity index (χ3n) is 4.52. The van der Waals surface area contributed by atoms with Crippen molar-refractivity contribution in [1.29, 1.82) is 5.26 Å². The second-order valence-corrected chi connectivity index (χ2v) is 7.61. The average Bonchev–Trinajstić information content (AvgIpc) is 2.89. The zero-order valence-corrected chi connectivity index (χ0v) is 22.1. The summed E-state index contributed by atoms with van der Waals surface area (Å²) in [5.74, 6) is 0. The summed E-state index contributed by atoms with van der Waals surface area (Å²) in [5.41, 5.74) is 7.04. The third-order valence-corrected chi connectivity index (χ3v) is 4.52. The summed E-state index contributed by atoms with van der Waals surface area (Å²) < 4.78 is 0. The van der Waals surface area contributed by atoms with E-state index in [1.807, 2.05) is 89.6 Å². The van der Waals surface area contributed by atoms with E-state index >= 15 is 0 Å². The minimum atomic E-state index is 0.625. The van der Waals surface area contributed by atoms with Crippen molar-refractivity contribution >= 4 is 17.2 Å². The number of aryl methyl sites for hydroxylation is 5. The van der Waals surface area contributed by atoms with E-state index < -0.39 is 0 Å². The maximum Gasteiger partial charge on any atom is 0.119 e. The summed E-state index contributed by atoms with van der Waals surface area (Å²) in [6.45, 7) is 13.8. The number of nitriles is 1. The zero-order valence-electron chi connectivity index (χ0n) is 22.1. The zero-order chi connectivity index (χ0) is 26.5. The van der Waals surface area contributed by atoms with Crippen molar-refractivity contribution in [3.63, 3.8) is 0 Å². The molecule has 0 saturated carbocycles. The van der Waals surface area contributed by atoms with Crippen molar-refractivity contribution in [2.75, 3.05) is 0 Å². The van der Waals surface area contributed by atoms with Crippen LogP contribution in [-0.2, 0) is 4.79 Å². The molecule has 1 aromatic carbocycles. The number of benzene rings is 1. The van der Waals surface area contributed by atoms with Gasteiger partial charge in [0.2, 0.25) is 0 Å². The monoisotopic (exact) mass is 470 g/mol. The molecule has 3 heterocycles. The molecule has 4 rings (SSSR count). The van der Waals surface area contributed by atoms with Gasteiger partial charge in [-0.05, 0) is 75.6 Å².